The molecule has 1 aliphatic heterocycles. The second-order valence-electron chi connectivity index (χ2n) is 6.04. The fourth-order valence-corrected chi connectivity index (χ4v) is 3.11. The van der Waals surface area contributed by atoms with Crippen molar-refractivity contribution in [1.82, 2.24) is 9.88 Å². The second kappa shape index (κ2) is 4.53. The van der Waals surface area contributed by atoms with Crippen molar-refractivity contribution >= 4 is 17.3 Å². The van der Waals surface area contributed by atoms with Gasteiger partial charge in [-0.15, -0.1) is 11.3 Å². The predicted molar refractivity (Wildman–Crippen MR) is 77.0 cm³/mol. The Morgan fingerprint density at radius 3 is 2.61 bits per heavy atom. The molecule has 1 atom stereocenters. The molecular weight excluding hydrogens is 244 g/mol. The molecule has 18 heavy (non-hydrogen) atoms. The molecule has 0 spiro atoms. The van der Waals surface area contributed by atoms with Crippen LogP contribution in [0.15, 0.2) is 10.4 Å². The zero-order chi connectivity index (χ0) is 13.5. The Morgan fingerprint density at radius 1 is 1.44 bits per heavy atom. The first-order valence-electron chi connectivity index (χ1n) is 6.35. The molecular formula is C13H22N4S. The molecule has 0 aromatic carbocycles. The number of hydrogen-bond acceptors (Lipinski definition) is 5. The number of hydrogen-bond donors (Lipinski definition) is 1. The summed E-state index contributed by atoms with van der Waals surface area (Å²) in [5.41, 5.74) is 7.16. The zero-order valence-electron chi connectivity index (χ0n) is 11.8. The lowest BCUT2D eigenvalue weighted by Gasteiger charge is -2.29. The van der Waals surface area contributed by atoms with Gasteiger partial charge in [-0.1, -0.05) is 20.8 Å². The van der Waals surface area contributed by atoms with Crippen LogP contribution in [0.3, 0.4) is 0 Å². The number of rotatable bonds is 2. The van der Waals surface area contributed by atoms with Crippen molar-refractivity contribution in [3.63, 3.8) is 0 Å². The Balaban J connectivity index is 2.25. The van der Waals surface area contributed by atoms with Crippen molar-refractivity contribution in [2.45, 2.75) is 52.1 Å². The number of guanidine groups is 1. The van der Waals surface area contributed by atoms with Crippen LogP contribution in [-0.2, 0) is 5.41 Å². The van der Waals surface area contributed by atoms with Crippen LogP contribution in [-0.4, -0.2) is 28.4 Å². The van der Waals surface area contributed by atoms with E-state index >= 15 is 0 Å². The summed E-state index contributed by atoms with van der Waals surface area (Å²) in [6.07, 6.45) is 0. The highest BCUT2D eigenvalue weighted by atomic mass is 32.1. The van der Waals surface area contributed by atoms with E-state index in [0.717, 1.165) is 12.2 Å². The van der Waals surface area contributed by atoms with E-state index in [2.05, 4.69) is 49.9 Å². The van der Waals surface area contributed by atoms with Crippen LogP contribution in [0, 0.1) is 0 Å². The average Bonchev–Trinajstić information content (AvgIpc) is 2.81. The SMILES string of the molecule is CC(C)N1C(N)=NCC1c1csc(C(C)(C)C)n1. The average molecular weight is 266 g/mol. The molecule has 0 saturated heterocycles. The van der Waals surface area contributed by atoms with Gasteiger partial charge in [0.2, 0.25) is 0 Å². The minimum Gasteiger partial charge on any atom is -0.370 e. The van der Waals surface area contributed by atoms with Gasteiger partial charge in [0.25, 0.3) is 0 Å². The predicted octanol–water partition coefficient (Wildman–Crippen LogP) is 2.52. The first-order valence-corrected chi connectivity index (χ1v) is 7.23. The maximum atomic E-state index is 5.95. The van der Waals surface area contributed by atoms with Gasteiger partial charge in [0.05, 0.1) is 23.3 Å². The standard InChI is InChI=1S/C13H22N4S/c1-8(2)17-10(6-15-12(17)14)9-7-18-11(16-9)13(3,4)5/h7-8,10H,6H2,1-5H3,(H2,14,15). The minimum absolute atomic E-state index is 0.108. The summed E-state index contributed by atoms with van der Waals surface area (Å²) >= 11 is 1.73. The molecule has 0 bridgehead atoms. The molecule has 0 aliphatic carbocycles. The van der Waals surface area contributed by atoms with Gasteiger partial charge in [0.15, 0.2) is 5.96 Å². The molecule has 2 heterocycles. The summed E-state index contributed by atoms with van der Waals surface area (Å²) in [5, 5.41) is 3.32. The largest absolute Gasteiger partial charge is 0.370 e. The van der Waals surface area contributed by atoms with E-state index in [1.165, 1.54) is 5.01 Å². The van der Waals surface area contributed by atoms with E-state index in [0.29, 0.717) is 12.0 Å². The molecule has 1 aromatic heterocycles. The highest BCUT2D eigenvalue weighted by molar-refractivity contribution is 7.09. The minimum atomic E-state index is 0.108. The van der Waals surface area contributed by atoms with Crippen molar-refractivity contribution in [2.75, 3.05) is 6.54 Å². The summed E-state index contributed by atoms with van der Waals surface area (Å²) in [6, 6.07) is 0.554. The summed E-state index contributed by atoms with van der Waals surface area (Å²) in [5.74, 6) is 0.639. The molecule has 0 fully saturated rings. The van der Waals surface area contributed by atoms with Gasteiger partial charge in [-0.3, -0.25) is 4.99 Å². The van der Waals surface area contributed by atoms with Crippen LogP contribution >= 0.6 is 11.3 Å². The van der Waals surface area contributed by atoms with Crippen LogP contribution in [0.25, 0.3) is 0 Å². The van der Waals surface area contributed by atoms with Crippen LogP contribution < -0.4 is 5.73 Å². The van der Waals surface area contributed by atoms with Gasteiger partial charge in [-0.25, -0.2) is 4.98 Å². The third-order valence-corrected chi connectivity index (χ3v) is 4.37. The molecule has 0 amide bonds. The first kappa shape index (κ1) is 13.3. The third-order valence-electron chi connectivity index (χ3n) is 3.09. The second-order valence-corrected chi connectivity index (χ2v) is 6.90. The topological polar surface area (TPSA) is 54.5 Å². The molecule has 2 rings (SSSR count). The lowest BCUT2D eigenvalue weighted by molar-refractivity contribution is 0.286. The van der Waals surface area contributed by atoms with Crippen molar-refractivity contribution < 1.29 is 0 Å². The first-order chi connectivity index (χ1) is 8.30. The van der Waals surface area contributed by atoms with Gasteiger partial charge < -0.3 is 10.6 Å². The molecule has 2 N–H and O–H groups in total. The monoisotopic (exact) mass is 266 g/mol. The highest BCUT2D eigenvalue weighted by Crippen LogP contribution is 2.32. The fraction of sp³-hybridized carbons (Fsp3) is 0.692. The van der Waals surface area contributed by atoms with Gasteiger partial charge in [0.1, 0.15) is 0 Å². The molecule has 1 unspecified atom stereocenters. The van der Waals surface area contributed by atoms with Crippen molar-refractivity contribution in [3.05, 3.63) is 16.1 Å². The third kappa shape index (κ3) is 2.36. The molecule has 0 radical (unpaired) electrons. The van der Waals surface area contributed by atoms with Crippen molar-refractivity contribution in [1.29, 1.82) is 0 Å². The molecule has 1 aromatic rings. The van der Waals surface area contributed by atoms with E-state index in [4.69, 9.17) is 10.7 Å². The Bertz CT molecular complexity index is 456. The fourth-order valence-electron chi connectivity index (χ4n) is 2.15. The summed E-state index contributed by atoms with van der Waals surface area (Å²) in [6.45, 7) is 11.6. The van der Waals surface area contributed by atoms with Crippen molar-refractivity contribution in [3.8, 4) is 0 Å². The van der Waals surface area contributed by atoms with Crippen LogP contribution in [0.4, 0.5) is 0 Å². The quantitative estimate of drug-likeness (QED) is 0.895. The van der Waals surface area contributed by atoms with E-state index in [9.17, 15) is 0 Å². The van der Waals surface area contributed by atoms with Crippen LogP contribution in [0.2, 0.25) is 0 Å². The maximum Gasteiger partial charge on any atom is 0.192 e. The van der Waals surface area contributed by atoms with Crippen molar-refractivity contribution in [2.24, 2.45) is 10.7 Å². The van der Waals surface area contributed by atoms with Crippen LogP contribution in [0.1, 0.15) is 51.4 Å². The number of aromatic nitrogens is 1. The molecule has 100 valence electrons. The Morgan fingerprint density at radius 2 is 2.11 bits per heavy atom. The number of aliphatic imine (C=N–C) groups is 1. The Hall–Kier alpha value is -1.10. The number of nitrogens with two attached hydrogens (primary N) is 1. The van der Waals surface area contributed by atoms with E-state index in [1.54, 1.807) is 11.3 Å². The highest BCUT2D eigenvalue weighted by Gasteiger charge is 2.32. The summed E-state index contributed by atoms with van der Waals surface area (Å²) < 4.78 is 0. The van der Waals surface area contributed by atoms with E-state index in [1.807, 2.05) is 0 Å². The normalized spacial score (nSPS) is 20.7. The summed E-state index contributed by atoms with van der Waals surface area (Å²) in [7, 11) is 0. The Labute approximate surface area is 113 Å². The van der Waals surface area contributed by atoms with Gasteiger partial charge >= 0.3 is 0 Å². The number of nitrogens with zero attached hydrogens (tertiary/aromatic N) is 3. The Kier molecular flexibility index (Phi) is 3.36. The smallest absolute Gasteiger partial charge is 0.192 e. The van der Waals surface area contributed by atoms with Gasteiger partial charge in [-0.05, 0) is 13.8 Å². The zero-order valence-corrected chi connectivity index (χ0v) is 12.6. The van der Waals surface area contributed by atoms with E-state index in [-0.39, 0.29) is 11.5 Å². The van der Waals surface area contributed by atoms with Crippen LogP contribution in [0.5, 0.6) is 0 Å². The summed E-state index contributed by atoms with van der Waals surface area (Å²) in [4.78, 5) is 11.3. The molecule has 4 nitrogen and oxygen atoms in total. The molecule has 5 heteroatoms. The lowest BCUT2D eigenvalue weighted by Crippen LogP contribution is -2.41. The van der Waals surface area contributed by atoms with Gasteiger partial charge in [-0.2, -0.15) is 0 Å². The lowest BCUT2D eigenvalue weighted by atomic mass is 9.98. The number of thiazole rings is 1. The van der Waals surface area contributed by atoms with E-state index < -0.39 is 0 Å². The molecule has 1 aliphatic rings. The molecule has 0 saturated carbocycles. The van der Waals surface area contributed by atoms with Gasteiger partial charge in [0, 0.05) is 16.8 Å². The maximum absolute atomic E-state index is 5.95.